The average molecular weight is 312 g/mol. The number of hydrogen-bond donors (Lipinski definition) is 1. The summed E-state index contributed by atoms with van der Waals surface area (Å²) in [4.78, 5) is 5.01. The topological polar surface area (TPSA) is 32.5 Å². The molecule has 0 aromatic heterocycles. The van der Waals surface area contributed by atoms with E-state index in [2.05, 4.69) is 23.9 Å². The van der Waals surface area contributed by atoms with Crippen molar-refractivity contribution in [3.05, 3.63) is 28.8 Å². The van der Waals surface area contributed by atoms with E-state index in [1.54, 1.807) is 0 Å². The number of anilines is 1. The first-order chi connectivity index (χ1) is 9.47. The first-order valence-corrected chi connectivity index (χ1v) is 7.75. The highest BCUT2D eigenvalue weighted by Gasteiger charge is 2.18. The zero-order chi connectivity index (χ0) is 14.7. The van der Waals surface area contributed by atoms with Crippen molar-refractivity contribution in [3.63, 3.8) is 0 Å². The molecule has 0 unspecified atom stereocenters. The largest absolute Gasteiger partial charge is 0.389 e. The molecule has 0 amide bonds. The molecule has 0 spiro atoms. The quantitative estimate of drug-likeness (QED) is 0.867. The standard InChI is InChI=1S/C15H22ClN3S/c1-18-7-5-11(6-8-18)10-19(2)12-3-4-13(15(17)20)14(16)9-12/h3-4,9,11H,5-8,10H2,1-2H3,(H2,17,20). The molecular weight excluding hydrogens is 290 g/mol. The Kier molecular flexibility index (Phi) is 5.24. The molecule has 1 aromatic rings. The predicted octanol–water partition coefficient (Wildman–Crippen LogP) is 2.75. The van der Waals surface area contributed by atoms with Crippen LogP contribution in [0.3, 0.4) is 0 Å². The van der Waals surface area contributed by atoms with Crippen molar-refractivity contribution < 1.29 is 0 Å². The van der Waals surface area contributed by atoms with E-state index in [1.807, 2.05) is 18.2 Å². The molecule has 0 bridgehead atoms. The Hall–Kier alpha value is -0.840. The van der Waals surface area contributed by atoms with E-state index in [0.717, 1.165) is 23.7 Å². The van der Waals surface area contributed by atoms with E-state index in [4.69, 9.17) is 29.6 Å². The van der Waals surface area contributed by atoms with Gasteiger partial charge in [-0.15, -0.1) is 0 Å². The first-order valence-electron chi connectivity index (χ1n) is 6.96. The van der Waals surface area contributed by atoms with Crippen LogP contribution >= 0.6 is 23.8 Å². The van der Waals surface area contributed by atoms with Crippen LogP contribution in [0.2, 0.25) is 5.02 Å². The van der Waals surface area contributed by atoms with E-state index in [9.17, 15) is 0 Å². The fourth-order valence-electron chi connectivity index (χ4n) is 2.68. The van der Waals surface area contributed by atoms with Crippen molar-refractivity contribution in [2.45, 2.75) is 12.8 Å². The highest BCUT2D eigenvalue weighted by atomic mass is 35.5. The molecule has 0 atom stereocenters. The third-order valence-electron chi connectivity index (χ3n) is 4.03. The smallest absolute Gasteiger partial charge is 0.105 e. The number of nitrogens with two attached hydrogens (primary N) is 1. The van der Waals surface area contributed by atoms with Crippen molar-refractivity contribution in [1.82, 2.24) is 4.90 Å². The predicted molar refractivity (Wildman–Crippen MR) is 90.8 cm³/mol. The summed E-state index contributed by atoms with van der Waals surface area (Å²) in [7, 11) is 4.30. The van der Waals surface area contributed by atoms with Crippen LogP contribution in [0.4, 0.5) is 5.69 Å². The van der Waals surface area contributed by atoms with Crippen LogP contribution in [0.15, 0.2) is 18.2 Å². The van der Waals surface area contributed by atoms with Crippen LogP contribution in [0.25, 0.3) is 0 Å². The van der Waals surface area contributed by atoms with Gasteiger partial charge in [-0.2, -0.15) is 0 Å². The summed E-state index contributed by atoms with van der Waals surface area (Å²) in [5, 5.41) is 0.630. The maximum absolute atomic E-state index is 6.23. The molecule has 1 fully saturated rings. The molecule has 1 aromatic carbocycles. The van der Waals surface area contributed by atoms with Gasteiger partial charge in [-0.3, -0.25) is 0 Å². The van der Waals surface area contributed by atoms with Gasteiger partial charge in [0.1, 0.15) is 4.99 Å². The number of piperidine rings is 1. The summed E-state index contributed by atoms with van der Waals surface area (Å²) in [6.45, 7) is 3.45. The van der Waals surface area contributed by atoms with E-state index in [1.165, 1.54) is 25.9 Å². The molecule has 1 saturated heterocycles. The fraction of sp³-hybridized carbons (Fsp3) is 0.533. The van der Waals surface area contributed by atoms with Crippen molar-refractivity contribution in [2.24, 2.45) is 11.7 Å². The summed E-state index contributed by atoms with van der Waals surface area (Å²) in [5.74, 6) is 0.755. The third-order valence-corrected chi connectivity index (χ3v) is 4.56. The Labute approximate surface area is 131 Å². The van der Waals surface area contributed by atoms with E-state index < -0.39 is 0 Å². The molecule has 0 radical (unpaired) electrons. The first kappa shape index (κ1) is 15.5. The number of thiocarbonyl (C=S) groups is 1. The zero-order valence-electron chi connectivity index (χ0n) is 12.1. The number of likely N-dealkylation sites (tertiary alicyclic amines) is 1. The van der Waals surface area contributed by atoms with Gasteiger partial charge in [0.15, 0.2) is 0 Å². The lowest BCUT2D eigenvalue weighted by molar-refractivity contribution is 0.222. The van der Waals surface area contributed by atoms with E-state index in [-0.39, 0.29) is 0 Å². The molecule has 2 N–H and O–H groups in total. The summed E-state index contributed by atoms with van der Waals surface area (Å²) in [6.07, 6.45) is 2.53. The van der Waals surface area contributed by atoms with Gasteiger partial charge in [0, 0.05) is 24.8 Å². The van der Waals surface area contributed by atoms with Crippen LogP contribution in [0.5, 0.6) is 0 Å². The summed E-state index contributed by atoms with van der Waals surface area (Å²) in [5.41, 5.74) is 7.50. The van der Waals surface area contributed by atoms with E-state index in [0.29, 0.717) is 10.0 Å². The SMILES string of the molecule is CN1CCC(CN(C)c2ccc(C(N)=S)c(Cl)c2)CC1. The highest BCUT2D eigenvalue weighted by Crippen LogP contribution is 2.25. The van der Waals surface area contributed by atoms with Gasteiger partial charge in [0.05, 0.1) is 5.02 Å². The lowest BCUT2D eigenvalue weighted by atomic mass is 9.96. The Morgan fingerprint density at radius 2 is 2.10 bits per heavy atom. The number of rotatable bonds is 4. The monoisotopic (exact) mass is 311 g/mol. The number of hydrogen-bond acceptors (Lipinski definition) is 3. The molecule has 1 aliphatic heterocycles. The minimum absolute atomic E-state index is 0.347. The summed E-state index contributed by atoms with van der Waals surface area (Å²) in [6, 6.07) is 5.89. The van der Waals surface area contributed by atoms with Gasteiger partial charge in [-0.05, 0) is 57.1 Å². The van der Waals surface area contributed by atoms with Gasteiger partial charge in [-0.25, -0.2) is 0 Å². The summed E-state index contributed by atoms with van der Waals surface area (Å²) < 4.78 is 0. The molecule has 0 aliphatic carbocycles. The summed E-state index contributed by atoms with van der Waals surface area (Å²) >= 11 is 11.2. The Bertz CT molecular complexity index is 484. The second-order valence-corrected chi connectivity index (χ2v) is 6.50. The number of halogens is 1. The molecule has 1 aliphatic rings. The molecule has 0 saturated carbocycles. The van der Waals surface area contributed by atoms with Gasteiger partial charge in [0.25, 0.3) is 0 Å². The molecule has 20 heavy (non-hydrogen) atoms. The molecule has 3 nitrogen and oxygen atoms in total. The Morgan fingerprint density at radius 1 is 1.45 bits per heavy atom. The third kappa shape index (κ3) is 3.84. The normalized spacial score (nSPS) is 17.1. The molecule has 5 heteroatoms. The molecule has 110 valence electrons. The maximum Gasteiger partial charge on any atom is 0.105 e. The van der Waals surface area contributed by atoms with Gasteiger partial charge >= 0.3 is 0 Å². The lowest BCUT2D eigenvalue weighted by Crippen LogP contribution is -2.35. The Balaban J connectivity index is 2.00. The van der Waals surface area contributed by atoms with Crippen LogP contribution in [0, 0.1) is 5.92 Å². The van der Waals surface area contributed by atoms with Crippen LogP contribution in [-0.4, -0.2) is 43.6 Å². The number of nitrogens with zero attached hydrogens (tertiary/aromatic N) is 2. The van der Waals surface area contributed by atoms with Crippen molar-refractivity contribution in [3.8, 4) is 0 Å². The lowest BCUT2D eigenvalue weighted by Gasteiger charge is -2.32. The second-order valence-electron chi connectivity index (χ2n) is 5.66. The number of benzene rings is 1. The average Bonchev–Trinajstić information content (AvgIpc) is 2.40. The minimum atomic E-state index is 0.347. The van der Waals surface area contributed by atoms with Crippen molar-refractivity contribution in [2.75, 3.05) is 38.6 Å². The molecule has 2 rings (SSSR count). The highest BCUT2D eigenvalue weighted by molar-refractivity contribution is 7.80. The van der Waals surface area contributed by atoms with Crippen LogP contribution < -0.4 is 10.6 Å². The van der Waals surface area contributed by atoms with Crippen LogP contribution in [-0.2, 0) is 0 Å². The van der Waals surface area contributed by atoms with Crippen molar-refractivity contribution >= 4 is 34.5 Å². The maximum atomic E-state index is 6.23. The fourth-order valence-corrected chi connectivity index (χ4v) is 3.19. The minimum Gasteiger partial charge on any atom is -0.389 e. The van der Waals surface area contributed by atoms with Crippen molar-refractivity contribution in [1.29, 1.82) is 0 Å². The van der Waals surface area contributed by atoms with Gasteiger partial charge in [0.2, 0.25) is 0 Å². The Morgan fingerprint density at radius 3 is 2.65 bits per heavy atom. The molecular formula is C15H22ClN3S. The molecule has 1 heterocycles. The van der Waals surface area contributed by atoms with Gasteiger partial charge < -0.3 is 15.5 Å². The van der Waals surface area contributed by atoms with Crippen LogP contribution in [0.1, 0.15) is 18.4 Å². The second kappa shape index (κ2) is 6.74. The van der Waals surface area contributed by atoms with Gasteiger partial charge in [-0.1, -0.05) is 23.8 Å². The zero-order valence-corrected chi connectivity index (χ0v) is 13.7. The van der Waals surface area contributed by atoms with E-state index >= 15 is 0 Å².